The standard InChI is InChI=1S/C14H14BN3O3/c1-18-14-5-3-2-4-12(14)13(17-18)9-21-11-6-10(15(19)20)7-16-8-11/h2-8,19-20H,9H2,1H3. The van der Waals surface area contributed by atoms with Crippen LogP contribution in [0.2, 0.25) is 0 Å². The van der Waals surface area contributed by atoms with Crippen molar-refractivity contribution in [1.82, 2.24) is 14.8 Å². The van der Waals surface area contributed by atoms with Gasteiger partial charge in [0.2, 0.25) is 0 Å². The van der Waals surface area contributed by atoms with E-state index in [1.54, 1.807) is 10.7 Å². The summed E-state index contributed by atoms with van der Waals surface area (Å²) in [6.07, 6.45) is 2.91. The van der Waals surface area contributed by atoms with Crippen molar-refractivity contribution < 1.29 is 14.8 Å². The molecule has 3 aromatic rings. The molecule has 7 heteroatoms. The first-order valence-corrected chi connectivity index (χ1v) is 6.49. The van der Waals surface area contributed by atoms with Crippen molar-refractivity contribution in [3.05, 3.63) is 48.4 Å². The van der Waals surface area contributed by atoms with Gasteiger partial charge in [0.15, 0.2) is 0 Å². The summed E-state index contributed by atoms with van der Waals surface area (Å²) < 4.78 is 7.45. The van der Waals surface area contributed by atoms with Crippen LogP contribution < -0.4 is 10.2 Å². The summed E-state index contributed by atoms with van der Waals surface area (Å²) in [5, 5.41) is 23.7. The van der Waals surface area contributed by atoms with E-state index in [1.807, 2.05) is 31.3 Å². The minimum absolute atomic E-state index is 0.286. The summed E-state index contributed by atoms with van der Waals surface area (Å²) in [5.74, 6) is 0.468. The Labute approximate surface area is 121 Å². The zero-order valence-electron chi connectivity index (χ0n) is 11.5. The summed E-state index contributed by atoms with van der Waals surface area (Å²) in [6, 6.07) is 9.45. The number of fused-ring (bicyclic) bond motifs is 1. The third-order valence-electron chi connectivity index (χ3n) is 3.24. The fourth-order valence-corrected chi connectivity index (χ4v) is 2.20. The van der Waals surface area contributed by atoms with Crippen molar-refractivity contribution in [2.75, 3.05) is 0 Å². The summed E-state index contributed by atoms with van der Waals surface area (Å²) in [5.41, 5.74) is 2.15. The molecule has 0 saturated carbocycles. The molecule has 0 aliphatic carbocycles. The van der Waals surface area contributed by atoms with Gasteiger partial charge in [0.05, 0.1) is 11.7 Å². The number of hydrogen-bond donors (Lipinski definition) is 2. The van der Waals surface area contributed by atoms with Crippen LogP contribution in [0.5, 0.6) is 5.75 Å². The maximum Gasteiger partial charge on any atom is 0.490 e. The molecule has 0 unspecified atom stereocenters. The van der Waals surface area contributed by atoms with Crippen LogP contribution in [0.4, 0.5) is 0 Å². The van der Waals surface area contributed by atoms with Gasteiger partial charge in [-0.15, -0.1) is 0 Å². The second kappa shape index (κ2) is 5.55. The minimum atomic E-state index is -1.56. The number of nitrogens with zero attached hydrogens (tertiary/aromatic N) is 3. The predicted octanol–water partition coefficient (Wildman–Crippen LogP) is 0.227. The number of benzene rings is 1. The van der Waals surface area contributed by atoms with E-state index >= 15 is 0 Å². The second-order valence-electron chi connectivity index (χ2n) is 4.70. The zero-order chi connectivity index (χ0) is 14.8. The molecule has 0 fully saturated rings. The Morgan fingerprint density at radius 3 is 2.86 bits per heavy atom. The topological polar surface area (TPSA) is 80.4 Å². The van der Waals surface area contributed by atoms with Crippen molar-refractivity contribution in [3.63, 3.8) is 0 Å². The van der Waals surface area contributed by atoms with Crippen LogP contribution in [0.15, 0.2) is 42.7 Å². The Kier molecular flexibility index (Phi) is 3.59. The summed E-state index contributed by atoms with van der Waals surface area (Å²) in [6.45, 7) is 0.286. The van der Waals surface area contributed by atoms with Gasteiger partial charge in [-0.1, -0.05) is 18.2 Å². The van der Waals surface area contributed by atoms with E-state index < -0.39 is 7.12 Å². The molecule has 0 radical (unpaired) electrons. The molecule has 6 nitrogen and oxygen atoms in total. The van der Waals surface area contributed by atoms with Crippen molar-refractivity contribution >= 4 is 23.5 Å². The third kappa shape index (κ3) is 2.74. The number of ether oxygens (including phenoxy) is 1. The van der Waals surface area contributed by atoms with Gasteiger partial charge in [-0.3, -0.25) is 9.67 Å². The van der Waals surface area contributed by atoms with Gasteiger partial charge in [0, 0.05) is 24.1 Å². The number of hydrogen-bond acceptors (Lipinski definition) is 5. The van der Waals surface area contributed by atoms with Crippen molar-refractivity contribution in [3.8, 4) is 5.75 Å². The Balaban J connectivity index is 1.82. The first-order valence-electron chi connectivity index (χ1n) is 6.49. The first-order chi connectivity index (χ1) is 10.1. The average molecular weight is 283 g/mol. The fourth-order valence-electron chi connectivity index (χ4n) is 2.20. The molecule has 106 valence electrons. The van der Waals surface area contributed by atoms with Gasteiger partial charge in [-0.2, -0.15) is 5.10 Å². The van der Waals surface area contributed by atoms with E-state index in [4.69, 9.17) is 14.8 Å². The lowest BCUT2D eigenvalue weighted by atomic mass is 9.82. The average Bonchev–Trinajstić information content (AvgIpc) is 2.82. The Hall–Kier alpha value is -2.38. The van der Waals surface area contributed by atoms with E-state index in [0.29, 0.717) is 11.2 Å². The Morgan fingerprint density at radius 2 is 2.05 bits per heavy atom. The molecule has 21 heavy (non-hydrogen) atoms. The van der Waals surface area contributed by atoms with Crippen LogP contribution in [-0.4, -0.2) is 31.9 Å². The lowest BCUT2D eigenvalue weighted by molar-refractivity contribution is 0.300. The molecule has 0 amide bonds. The highest BCUT2D eigenvalue weighted by atomic mass is 16.5. The van der Waals surface area contributed by atoms with E-state index in [2.05, 4.69) is 10.1 Å². The summed E-state index contributed by atoms with van der Waals surface area (Å²) in [7, 11) is 0.326. The largest absolute Gasteiger partial charge is 0.490 e. The molecule has 0 saturated heterocycles. The quantitative estimate of drug-likeness (QED) is 0.670. The molecule has 0 atom stereocenters. The third-order valence-corrected chi connectivity index (χ3v) is 3.24. The fraction of sp³-hybridized carbons (Fsp3) is 0.143. The number of aryl methyl sites for hydroxylation is 1. The van der Waals surface area contributed by atoms with Crippen LogP contribution in [0.3, 0.4) is 0 Å². The zero-order valence-corrected chi connectivity index (χ0v) is 11.5. The van der Waals surface area contributed by atoms with Crippen molar-refractivity contribution in [2.24, 2.45) is 7.05 Å². The number of rotatable bonds is 4. The lowest BCUT2D eigenvalue weighted by Crippen LogP contribution is -2.30. The highest BCUT2D eigenvalue weighted by Crippen LogP contribution is 2.19. The molecular formula is C14H14BN3O3. The molecule has 2 heterocycles. The van der Waals surface area contributed by atoms with Gasteiger partial charge in [-0.25, -0.2) is 0 Å². The van der Waals surface area contributed by atoms with Gasteiger partial charge in [0.1, 0.15) is 18.1 Å². The second-order valence-corrected chi connectivity index (χ2v) is 4.70. The maximum absolute atomic E-state index is 9.12. The van der Waals surface area contributed by atoms with Crippen LogP contribution >= 0.6 is 0 Å². The van der Waals surface area contributed by atoms with Crippen molar-refractivity contribution in [2.45, 2.75) is 6.61 Å². The SMILES string of the molecule is Cn1nc(COc2cncc(B(O)O)c2)c2ccccc21. The van der Waals surface area contributed by atoms with Crippen LogP contribution in [0, 0.1) is 0 Å². The predicted molar refractivity (Wildman–Crippen MR) is 79.1 cm³/mol. The number of pyridine rings is 1. The molecule has 0 aliphatic heterocycles. The molecule has 0 spiro atoms. The molecule has 0 aliphatic rings. The summed E-state index contributed by atoms with van der Waals surface area (Å²) >= 11 is 0. The number of aromatic nitrogens is 3. The minimum Gasteiger partial charge on any atom is -0.486 e. The Bertz CT molecular complexity index is 773. The van der Waals surface area contributed by atoms with E-state index in [0.717, 1.165) is 16.6 Å². The van der Waals surface area contributed by atoms with E-state index in [-0.39, 0.29) is 6.61 Å². The van der Waals surface area contributed by atoms with Gasteiger partial charge in [-0.05, 0) is 12.1 Å². The van der Waals surface area contributed by atoms with Crippen LogP contribution in [-0.2, 0) is 13.7 Å². The smallest absolute Gasteiger partial charge is 0.486 e. The molecule has 2 N–H and O–H groups in total. The van der Waals surface area contributed by atoms with Crippen LogP contribution in [0.1, 0.15) is 5.69 Å². The normalized spacial score (nSPS) is 10.8. The maximum atomic E-state index is 9.12. The van der Waals surface area contributed by atoms with Gasteiger partial charge >= 0.3 is 7.12 Å². The summed E-state index contributed by atoms with van der Waals surface area (Å²) in [4.78, 5) is 3.92. The molecule has 1 aromatic carbocycles. The van der Waals surface area contributed by atoms with E-state index in [1.165, 1.54) is 12.4 Å². The van der Waals surface area contributed by atoms with Gasteiger partial charge < -0.3 is 14.8 Å². The molecular weight excluding hydrogens is 269 g/mol. The lowest BCUT2D eigenvalue weighted by Gasteiger charge is -2.06. The number of para-hydroxylation sites is 1. The molecule has 0 bridgehead atoms. The highest BCUT2D eigenvalue weighted by molar-refractivity contribution is 6.58. The van der Waals surface area contributed by atoms with E-state index in [9.17, 15) is 0 Å². The van der Waals surface area contributed by atoms with Gasteiger partial charge in [0.25, 0.3) is 0 Å². The molecule has 3 rings (SSSR count). The highest BCUT2D eigenvalue weighted by Gasteiger charge is 2.13. The first kappa shape index (κ1) is 13.6. The van der Waals surface area contributed by atoms with Crippen molar-refractivity contribution in [1.29, 1.82) is 0 Å². The molecule has 2 aromatic heterocycles. The monoisotopic (exact) mass is 283 g/mol. The van der Waals surface area contributed by atoms with Crippen LogP contribution in [0.25, 0.3) is 10.9 Å². The Morgan fingerprint density at radius 1 is 1.24 bits per heavy atom.